The van der Waals surface area contributed by atoms with Crippen molar-refractivity contribution in [3.63, 3.8) is 0 Å². The van der Waals surface area contributed by atoms with Crippen LogP contribution in [0, 0.1) is 0 Å². The topological polar surface area (TPSA) is 0 Å². The molecular weight excluding hydrogens is 568 g/mol. The standard InChI is InChI=1S/C42H63ClSi/c1-5-9-13-18-24-36-30-37(25-19-14-10-6-2)33-41(32-36)44(43,40-28-22-17-23-29-40)42-34-38(26-20-15-11-7-3)31-39(35-42)27-21-16-12-8-4/h17,22-23,28-35H,5-16,18-21,24-27H2,1-4H3. The van der Waals surface area contributed by atoms with Crippen LogP contribution in [0.2, 0.25) is 0 Å². The summed E-state index contributed by atoms with van der Waals surface area (Å²) in [6.45, 7) is 9.22. The SMILES string of the molecule is CCCCCCc1cc(CCCCCC)cc([Si](Cl)(c2ccccc2)c2cc(CCCCCC)cc(CCCCCC)c2)c1. The van der Waals surface area contributed by atoms with Gasteiger partial charge in [-0.05, 0) is 89.2 Å². The zero-order valence-corrected chi connectivity index (χ0v) is 30.6. The van der Waals surface area contributed by atoms with Gasteiger partial charge in [0, 0.05) is 0 Å². The van der Waals surface area contributed by atoms with E-state index in [0.717, 1.165) is 25.7 Å². The van der Waals surface area contributed by atoms with Crippen molar-refractivity contribution in [1.82, 2.24) is 0 Å². The number of halogens is 1. The molecule has 0 radical (unpaired) electrons. The smallest absolute Gasteiger partial charge is 0.149 e. The van der Waals surface area contributed by atoms with Gasteiger partial charge in [0.15, 0.2) is 0 Å². The average molecular weight is 632 g/mol. The number of hydrogen-bond acceptors (Lipinski definition) is 0. The van der Waals surface area contributed by atoms with Gasteiger partial charge in [0.25, 0.3) is 0 Å². The molecule has 0 heterocycles. The van der Waals surface area contributed by atoms with E-state index < -0.39 is 7.38 Å². The normalized spacial score (nSPS) is 11.8. The van der Waals surface area contributed by atoms with Gasteiger partial charge in [-0.1, -0.05) is 171 Å². The lowest BCUT2D eigenvalue weighted by molar-refractivity contribution is 0.661. The zero-order valence-electron chi connectivity index (χ0n) is 28.9. The van der Waals surface area contributed by atoms with Gasteiger partial charge in [-0.15, -0.1) is 11.1 Å². The summed E-state index contributed by atoms with van der Waals surface area (Å²) in [5.74, 6) is 0. The fraction of sp³-hybridized carbons (Fsp3) is 0.571. The fourth-order valence-corrected chi connectivity index (χ4v) is 10.9. The van der Waals surface area contributed by atoms with Gasteiger partial charge >= 0.3 is 0 Å². The molecule has 3 rings (SSSR count). The highest BCUT2D eigenvalue weighted by Gasteiger charge is 2.39. The monoisotopic (exact) mass is 630 g/mol. The third-order valence-electron chi connectivity index (χ3n) is 9.35. The Morgan fingerprint density at radius 1 is 0.386 bits per heavy atom. The lowest BCUT2D eigenvalue weighted by Gasteiger charge is -2.29. The van der Waals surface area contributed by atoms with Gasteiger partial charge in [-0.3, -0.25) is 0 Å². The molecule has 0 aliphatic heterocycles. The number of aryl methyl sites for hydroxylation is 4. The number of rotatable bonds is 23. The quantitative estimate of drug-likeness (QED) is 0.0423. The fourth-order valence-electron chi connectivity index (χ4n) is 6.69. The molecular formula is C42H63ClSi. The Balaban J connectivity index is 2.11. The maximum atomic E-state index is 8.28. The Morgan fingerprint density at radius 2 is 0.705 bits per heavy atom. The van der Waals surface area contributed by atoms with Crippen LogP contribution in [0.1, 0.15) is 153 Å². The second-order valence-corrected chi connectivity index (χ2v) is 18.1. The van der Waals surface area contributed by atoms with E-state index in [1.54, 1.807) is 0 Å². The van der Waals surface area contributed by atoms with Gasteiger partial charge in [-0.25, -0.2) is 0 Å². The molecule has 0 amide bonds. The van der Waals surface area contributed by atoms with Crippen LogP contribution >= 0.6 is 11.1 Å². The van der Waals surface area contributed by atoms with Crippen LogP contribution in [-0.4, -0.2) is 7.38 Å². The third-order valence-corrected chi connectivity index (χ3v) is 14.6. The highest BCUT2D eigenvalue weighted by Crippen LogP contribution is 2.21. The molecule has 3 aromatic carbocycles. The Morgan fingerprint density at radius 3 is 1.00 bits per heavy atom. The summed E-state index contributed by atoms with van der Waals surface area (Å²) in [7, 11) is -2.75. The average Bonchev–Trinajstić information content (AvgIpc) is 3.05. The Labute approximate surface area is 278 Å². The van der Waals surface area contributed by atoms with Crippen molar-refractivity contribution in [3.05, 3.63) is 89.0 Å². The second kappa shape index (κ2) is 21.1. The number of unbranched alkanes of at least 4 members (excludes halogenated alkanes) is 12. The van der Waals surface area contributed by atoms with Crippen molar-refractivity contribution < 1.29 is 0 Å². The minimum absolute atomic E-state index is 1.16. The maximum Gasteiger partial charge on any atom is 0.247 e. The predicted molar refractivity (Wildman–Crippen MR) is 201 cm³/mol. The van der Waals surface area contributed by atoms with E-state index in [0.29, 0.717) is 0 Å². The van der Waals surface area contributed by atoms with E-state index in [1.807, 2.05) is 0 Å². The molecule has 3 aromatic rings. The summed E-state index contributed by atoms with van der Waals surface area (Å²) in [5, 5.41) is 4.11. The van der Waals surface area contributed by atoms with Crippen LogP contribution < -0.4 is 15.6 Å². The molecule has 0 N–H and O–H groups in total. The molecule has 0 fully saturated rings. The minimum atomic E-state index is -2.75. The van der Waals surface area contributed by atoms with Crippen molar-refractivity contribution in [2.24, 2.45) is 0 Å². The Bertz CT molecular complexity index is 1050. The van der Waals surface area contributed by atoms with Crippen LogP contribution in [0.4, 0.5) is 0 Å². The molecule has 0 atom stereocenters. The van der Waals surface area contributed by atoms with Gasteiger partial charge in [0.2, 0.25) is 7.38 Å². The summed E-state index contributed by atoms with van der Waals surface area (Å²) in [6.07, 6.45) is 25.4. The lowest BCUT2D eigenvalue weighted by atomic mass is 10.0. The number of benzene rings is 3. The van der Waals surface area contributed by atoms with Gasteiger partial charge in [-0.2, -0.15) is 0 Å². The van der Waals surface area contributed by atoms with E-state index in [4.69, 9.17) is 11.1 Å². The van der Waals surface area contributed by atoms with E-state index in [2.05, 4.69) is 94.4 Å². The molecule has 0 aliphatic rings. The zero-order chi connectivity index (χ0) is 31.5. The van der Waals surface area contributed by atoms with Gasteiger partial charge in [0.05, 0.1) is 0 Å². The molecule has 0 aliphatic carbocycles. The summed E-state index contributed by atoms with van der Waals surface area (Å²) >= 11 is 8.28. The maximum absolute atomic E-state index is 8.28. The highest BCUT2D eigenvalue weighted by molar-refractivity contribution is 7.40. The van der Waals surface area contributed by atoms with Crippen LogP contribution in [0.3, 0.4) is 0 Å². The van der Waals surface area contributed by atoms with Crippen molar-refractivity contribution in [2.75, 3.05) is 0 Å². The van der Waals surface area contributed by atoms with E-state index in [-0.39, 0.29) is 0 Å². The minimum Gasteiger partial charge on any atom is -0.149 e. The third kappa shape index (κ3) is 11.8. The Hall–Kier alpha value is -1.83. The lowest BCUT2D eigenvalue weighted by Crippen LogP contribution is -2.63. The van der Waals surface area contributed by atoms with Crippen molar-refractivity contribution >= 4 is 34.0 Å². The van der Waals surface area contributed by atoms with Crippen LogP contribution in [0.15, 0.2) is 66.7 Å². The highest BCUT2D eigenvalue weighted by atomic mass is 35.6. The van der Waals surface area contributed by atoms with E-state index in [1.165, 1.54) is 141 Å². The van der Waals surface area contributed by atoms with Gasteiger partial charge < -0.3 is 0 Å². The first-order chi connectivity index (χ1) is 21.5. The predicted octanol–water partition coefficient (Wildman–Crippen LogP) is 11.4. The molecule has 0 spiro atoms. The first kappa shape index (κ1) is 36.6. The van der Waals surface area contributed by atoms with E-state index >= 15 is 0 Å². The van der Waals surface area contributed by atoms with Crippen molar-refractivity contribution in [1.29, 1.82) is 0 Å². The first-order valence-electron chi connectivity index (χ1n) is 18.6. The molecule has 0 bridgehead atoms. The molecule has 0 unspecified atom stereocenters. The molecule has 0 saturated heterocycles. The number of hydrogen-bond donors (Lipinski definition) is 0. The van der Waals surface area contributed by atoms with Gasteiger partial charge in [0.1, 0.15) is 0 Å². The Kier molecular flexibility index (Phi) is 17.5. The summed E-state index contributed by atoms with van der Waals surface area (Å²) in [4.78, 5) is 0. The molecule has 0 aromatic heterocycles. The van der Waals surface area contributed by atoms with Crippen molar-refractivity contribution in [3.8, 4) is 0 Å². The van der Waals surface area contributed by atoms with E-state index in [9.17, 15) is 0 Å². The first-order valence-corrected chi connectivity index (χ1v) is 21.6. The van der Waals surface area contributed by atoms with Crippen molar-refractivity contribution in [2.45, 2.75) is 156 Å². The van der Waals surface area contributed by atoms with Crippen LogP contribution in [0.5, 0.6) is 0 Å². The van der Waals surface area contributed by atoms with Crippen LogP contribution in [0.25, 0.3) is 0 Å². The molecule has 44 heavy (non-hydrogen) atoms. The summed E-state index contributed by atoms with van der Waals surface area (Å²) in [6, 6.07) is 26.2. The molecule has 2 heteroatoms. The largest absolute Gasteiger partial charge is 0.247 e. The molecule has 242 valence electrons. The second-order valence-electron chi connectivity index (χ2n) is 13.3. The molecule has 0 saturated carbocycles. The van der Waals surface area contributed by atoms with Crippen LogP contribution in [-0.2, 0) is 25.7 Å². The summed E-state index contributed by atoms with van der Waals surface area (Å²) in [5.41, 5.74) is 5.97. The summed E-state index contributed by atoms with van der Waals surface area (Å²) < 4.78 is 0. The molecule has 0 nitrogen and oxygen atoms in total.